The Morgan fingerprint density at radius 1 is 1.33 bits per heavy atom. The number of amides is 1. The van der Waals surface area contributed by atoms with Crippen LogP contribution in [0.15, 0.2) is 12.3 Å². The largest absolute Gasteiger partial charge is 0.462 e. The summed E-state index contributed by atoms with van der Waals surface area (Å²) in [4.78, 5) is 27.7. The number of esters is 1. The van der Waals surface area contributed by atoms with Crippen LogP contribution in [-0.2, 0) is 16.0 Å². The molecule has 1 rings (SSSR count). The third-order valence-electron chi connectivity index (χ3n) is 2.40. The molecule has 0 aliphatic rings. The first-order valence-electron chi connectivity index (χ1n) is 6.82. The van der Waals surface area contributed by atoms with Crippen molar-refractivity contribution in [1.82, 2.24) is 10.3 Å². The maximum absolute atomic E-state index is 11.9. The number of ether oxygens (including phenoxy) is 2. The number of aromatic nitrogens is 1. The number of pyridine rings is 1. The number of nitrogens with one attached hydrogen (secondary N) is 1. The standard InChI is InChI=1S/C15H22N2O4/c1-6-20-13(18)11-7-10(2)8-16-12(11)9-17-14(19)21-15(3,4)5/h7-8H,6,9H2,1-5H3,(H,17,19). The Bertz CT molecular complexity index is 521. The first-order chi connectivity index (χ1) is 9.73. The highest BCUT2D eigenvalue weighted by Crippen LogP contribution is 2.11. The molecule has 1 heterocycles. The van der Waals surface area contributed by atoms with Crippen LogP contribution in [0.2, 0.25) is 0 Å². The summed E-state index contributed by atoms with van der Waals surface area (Å²) in [6.45, 7) is 9.29. The predicted molar refractivity (Wildman–Crippen MR) is 78.0 cm³/mol. The zero-order chi connectivity index (χ0) is 16.0. The molecule has 116 valence electrons. The van der Waals surface area contributed by atoms with Crippen LogP contribution in [0.4, 0.5) is 4.79 Å². The molecule has 0 aliphatic heterocycles. The molecule has 1 amide bonds. The van der Waals surface area contributed by atoms with E-state index in [1.54, 1.807) is 40.0 Å². The van der Waals surface area contributed by atoms with Crippen LogP contribution in [0.3, 0.4) is 0 Å². The lowest BCUT2D eigenvalue weighted by Gasteiger charge is -2.19. The Morgan fingerprint density at radius 3 is 2.57 bits per heavy atom. The van der Waals surface area contributed by atoms with Crippen LogP contribution < -0.4 is 5.32 Å². The average Bonchev–Trinajstić information content (AvgIpc) is 2.35. The van der Waals surface area contributed by atoms with Crippen molar-refractivity contribution in [2.24, 2.45) is 0 Å². The fraction of sp³-hybridized carbons (Fsp3) is 0.533. The molecule has 0 fully saturated rings. The van der Waals surface area contributed by atoms with Crippen molar-refractivity contribution in [2.75, 3.05) is 6.61 Å². The quantitative estimate of drug-likeness (QED) is 0.864. The normalized spacial score (nSPS) is 10.9. The van der Waals surface area contributed by atoms with E-state index in [2.05, 4.69) is 10.3 Å². The molecule has 0 aliphatic carbocycles. The van der Waals surface area contributed by atoms with Crippen LogP contribution in [0, 0.1) is 6.92 Å². The Balaban J connectivity index is 2.79. The minimum Gasteiger partial charge on any atom is -0.462 e. The van der Waals surface area contributed by atoms with Gasteiger partial charge in [-0.1, -0.05) is 0 Å². The smallest absolute Gasteiger partial charge is 0.407 e. The molecule has 0 unspecified atom stereocenters. The monoisotopic (exact) mass is 294 g/mol. The number of nitrogens with zero attached hydrogens (tertiary/aromatic N) is 1. The van der Waals surface area contributed by atoms with Crippen molar-refractivity contribution >= 4 is 12.1 Å². The summed E-state index contributed by atoms with van der Waals surface area (Å²) >= 11 is 0. The Kier molecular flexibility index (Phi) is 5.69. The van der Waals surface area contributed by atoms with Crippen LogP contribution >= 0.6 is 0 Å². The number of hydrogen-bond acceptors (Lipinski definition) is 5. The van der Waals surface area contributed by atoms with E-state index in [4.69, 9.17) is 9.47 Å². The van der Waals surface area contributed by atoms with Crippen molar-refractivity contribution in [2.45, 2.75) is 46.8 Å². The molecular formula is C15H22N2O4. The van der Waals surface area contributed by atoms with E-state index in [9.17, 15) is 9.59 Å². The van der Waals surface area contributed by atoms with Crippen LogP contribution in [-0.4, -0.2) is 29.3 Å². The number of carbonyl (C=O) groups is 2. The van der Waals surface area contributed by atoms with Crippen LogP contribution in [0.5, 0.6) is 0 Å². The molecule has 1 aromatic rings. The van der Waals surface area contributed by atoms with Gasteiger partial charge < -0.3 is 14.8 Å². The summed E-state index contributed by atoms with van der Waals surface area (Å²) in [5.74, 6) is -0.449. The van der Waals surface area contributed by atoms with Crippen molar-refractivity contribution in [1.29, 1.82) is 0 Å². The maximum atomic E-state index is 11.9. The zero-order valence-corrected chi connectivity index (χ0v) is 13.1. The summed E-state index contributed by atoms with van der Waals surface area (Å²) in [5.41, 5.74) is 1.08. The Labute approximate surface area is 124 Å². The number of aryl methyl sites for hydroxylation is 1. The van der Waals surface area contributed by atoms with E-state index in [1.807, 2.05) is 6.92 Å². The molecule has 0 saturated carbocycles. The minimum absolute atomic E-state index is 0.101. The predicted octanol–water partition coefficient (Wildman–Crippen LogP) is 2.59. The van der Waals surface area contributed by atoms with Gasteiger partial charge in [-0.25, -0.2) is 9.59 Å². The maximum Gasteiger partial charge on any atom is 0.407 e. The van der Waals surface area contributed by atoms with Gasteiger partial charge in [-0.05, 0) is 46.2 Å². The Hall–Kier alpha value is -2.11. The number of alkyl carbamates (subject to hydrolysis) is 1. The molecule has 6 heteroatoms. The number of hydrogen-bond donors (Lipinski definition) is 1. The van der Waals surface area contributed by atoms with Crippen molar-refractivity contribution in [3.8, 4) is 0 Å². The molecule has 0 bridgehead atoms. The molecule has 21 heavy (non-hydrogen) atoms. The van der Waals surface area contributed by atoms with E-state index in [-0.39, 0.29) is 13.2 Å². The first kappa shape index (κ1) is 16.9. The second-order valence-corrected chi connectivity index (χ2v) is 5.58. The van der Waals surface area contributed by atoms with E-state index < -0.39 is 17.7 Å². The SMILES string of the molecule is CCOC(=O)c1cc(C)cnc1CNC(=O)OC(C)(C)C. The summed E-state index contributed by atoms with van der Waals surface area (Å²) in [5, 5.41) is 2.58. The molecule has 0 atom stereocenters. The third kappa shape index (κ3) is 5.81. The lowest BCUT2D eigenvalue weighted by Crippen LogP contribution is -2.32. The fourth-order valence-corrected chi connectivity index (χ4v) is 1.59. The summed E-state index contributed by atoms with van der Waals surface area (Å²) in [6.07, 6.45) is 1.08. The van der Waals surface area contributed by atoms with Gasteiger partial charge in [-0.2, -0.15) is 0 Å². The lowest BCUT2D eigenvalue weighted by molar-refractivity contribution is 0.0501. The molecule has 1 N–H and O–H groups in total. The van der Waals surface area contributed by atoms with Crippen molar-refractivity contribution < 1.29 is 19.1 Å². The second-order valence-electron chi connectivity index (χ2n) is 5.58. The van der Waals surface area contributed by atoms with Gasteiger partial charge in [0.25, 0.3) is 0 Å². The van der Waals surface area contributed by atoms with Gasteiger partial charge in [-0.15, -0.1) is 0 Å². The first-order valence-corrected chi connectivity index (χ1v) is 6.82. The van der Waals surface area contributed by atoms with E-state index in [1.165, 1.54) is 0 Å². The Morgan fingerprint density at radius 2 is 2.00 bits per heavy atom. The van der Waals surface area contributed by atoms with Gasteiger partial charge >= 0.3 is 12.1 Å². The zero-order valence-electron chi connectivity index (χ0n) is 13.1. The van der Waals surface area contributed by atoms with Gasteiger partial charge in [0, 0.05) is 6.20 Å². The molecule has 6 nitrogen and oxygen atoms in total. The lowest BCUT2D eigenvalue weighted by atomic mass is 10.1. The topological polar surface area (TPSA) is 77.5 Å². The van der Waals surface area contributed by atoms with E-state index >= 15 is 0 Å². The van der Waals surface area contributed by atoms with E-state index in [0.29, 0.717) is 11.3 Å². The van der Waals surface area contributed by atoms with Gasteiger partial charge in [0.15, 0.2) is 0 Å². The fourth-order valence-electron chi connectivity index (χ4n) is 1.59. The average molecular weight is 294 g/mol. The molecule has 1 aromatic heterocycles. The molecular weight excluding hydrogens is 272 g/mol. The summed E-state index contributed by atoms with van der Waals surface area (Å²) in [6, 6.07) is 1.69. The minimum atomic E-state index is -0.575. The molecule has 0 spiro atoms. The van der Waals surface area contributed by atoms with Crippen molar-refractivity contribution in [3.05, 3.63) is 29.1 Å². The van der Waals surface area contributed by atoms with Crippen molar-refractivity contribution in [3.63, 3.8) is 0 Å². The molecule has 0 radical (unpaired) electrons. The van der Waals surface area contributed by atoms with E-state index in [0.717, 1.165) is 5.56 Å². The van der Waals surface area contributed by atoms with Gasteiger partial charge in [0.1, 0.15) is 5.60 Å². The third-order valence-corrected chi connectivity index (χ3v) is 2.40. The number of carbonyl (C=O) groups excluding carboxylic acids is 2. The summed E-state index contributed by atoms with van der Waals surface area (Å²) in [7, 11) is 0. The van der Waals surface area contributed by atoms with Crippen LogP contribution in [0.25, 0.3) is 0 Å². The second kappa shape index (κ2) is 7.06. The molecule has 0 saturated heterocycles. The highest BCUT2D eigenvalue weighted by Gasteiger charge is 2.18. The molecule has 0 aromatic carbocycles. The van der Waals surface area contributed by atoms with Gasteiger partial charge in [0.05, 0.1) is 24.4 Å². The summed E-state index contributed by atoms with van der Waals surface area (Å²) < 4.78 is 10.1. The highest BCUT2D eigenvalue weighted by atomic mass is 16.6. The highest BCUT2D eigenvalue weighted by molar-refractivity contribution is 5.90. The number of rotatable bonds is 4. The van der Waals surface area contributed by atoms with Gasteiger partial charge in [-0.3, -0.25) is 4.98 Å². The van der Waals surface area contributed by atoms with Crippen LogP contribution in [0.1, 0.15) is 49.3 Å². The van der Waals surface area contributed by atoms with Gasteiger partial charge in [0.2, 0.25) is 0 Å².